The van der Waals surface area contributed by atoms with Gasteiger partial charge >= 0.3 is 0 Å². The lowest BCUT2D eigenvalue weighted by atomic mass is 10.2. The second-order valence-corrected chi connectivity index (χ2v) is 9.92. The number of carbonyl (C=O) groups is 1. The number of rotatable bonds is 6. The van der Waals surface area contributed by atoms with Crippen LogP contribution in [-0.2, 0) is 24.8 Å². The lowest BCUT2D eigenvalue weighted by Gasteiger charge is -2.18. The molecule has 1 saturated carbocycles. The Morgan fingerprint density at radius 3 is 2.46 bits per heavy atom. The lowest BCUT2D eigenvalue weighted by molar-refractivity contribution is -0.118. The molecule has 0 saturated heterocycles. The number of hydrogen-bond donors (Lipinski definition) is 3. The van der Waals surface area contributed by atoms with Gasteiger partial charge in [-0.15, -0.1) is 0 Å². The van der Waals surface area contributed by atoms with Crippen LogP contribution in [0.3, 0.4) is 0 Å². The summed E-state index contributed by atoms with van der Waals surface area (Å²) in [6.07, 6.45) is 1.59. The monoisotopic (exact) mass is 423 g/mol. The molecule has 1 fully saturated rings. The normalized spacial score (nSPS) is 16.6. The molecule has 1 heterocycles. The lowest BCUT2D eigenvalue weighted by Crippen LogP contribution is -2.26. The SMILES string of the molecule is O=C1COc2ccc(S(=O)(=O)Nc3cccc(S(=O)(=O)NC4CC4)c3)cc2N1. The zero-order valence-electron chi connectivity index (χ0n) is 14.5. The van der Waals surface area contributed by atoms with Gasteiger partial charge in [0, 0.05) is 6.04 Å². The highest BCUT2D eigenvalue weighted by molar-refractivity contribution is 7.92. The summed E-state index contributed by atoms with van der Waals surface area (Å²) in [5.41, 5.74) is 0.362. The minimum absolute atomic E-state index is 0.0225. The molecule has 3 N–H and O–H groups in total. The Hall–Kier alpha value is -2.63. The van der Waals surface area contributed by atoms with Crippen molar-refractivity contribution >= 4 is 37.3 Å². The topological polar surface area (TPSA) is 131 Å². The van der Waals surface area contributed by atoms with Gasteiger partial charge in [-0.05, 0) is 49.2 Å². The molecule has 0 atom stereocenters. The largest absolute Gasteiger partial charge is 0.482 e. The van der Waals surface area contributed by atoms with Gasteiger partial charge in [0.25, 0.3) is 15.9 Å². The molecule has 0 aromatic heterocycles. The maximum atomic E-state index is 12.7. The van der Waals surface area contributed by atoms with Crippen LogP contribution in [0.25, 0.3) is 0 Å². The maximum Gasteiger partial charge on any atom is 0.262 e. The molecular weight excluding hydrogens is 406 g/mol. The Morgan fingerprint density at radius 2 is 1.71 bits per heavy atom. The van der Waals surface area contributed by atoms with Crippen molar-refractivity contribution in [2.75, 3.05) is 16.6 Å². The number of anilines is 2. The van der Waals surface area contributed by atoms with Crippen LogP contribution in [0.2, 0.25) is 0 Å². The van der Waals surface area contributed by atoms with E-state index < -0.39 is 20.0 Å². The quantitative estimate of drug-likeness (QED) is 0.641. The Balaban J connectivity index is 1.59. The van der Waals surface area contributed by atoms with E-state index in [1.165, 1.54) is 42.5 Å². The minimum Gasteiger partial charge on any atom is -0.482 e. The molecule has 1 aliphatic carbocycles. The number of benzene rings is 2. The van der Waals surface area contributed by atoms with Crippen LogP contribution < -0.4 is 19.5 Å². The number of fused-ring (bicyclic) bond motifs is 1. The van der Waals surface area contributed by atoms with Gasteiger partial charge in [-0.3, -0.25) is 9.52 Å². The van der Waals surface area contributed by atoms with Gasteiger partial charge in [-0.1, -0.05) is 6.07 Å². The molecule has 0 radical (unpaired) electrons. The Kier molecular flexibility index (Phi) is 4.52. The summed E-state index contributed by atoms with van der Waals surface area (Å²) >= 11 is 0. The highest BCUT2D eigenvalue weighted by Gasteiger charge is 2.28. The van der Waals surface area contributed by atoms with Crippen molar-refractivity contribution in [1.82, 2.24) is 4.72 Å². The molecule has 11 heteroatoms. The first kappa shape index (κ1) is 18.7. The maximum absolute atomic E-state index is 12.7. The summed E-state index contributed by atoms with van der Waals surface area (Å²) in [7, 11) is -7.72. The third-order valence-electron chi connectivity index (χ3n) is 4.19. The Bertz CT molecular complexity index is 1160. The van der Waals surface area contributed by atoms with E-state index in [9.17, 15) is 21.6 Å². The molecule has 4 rings (SSSR count). The molecular formula is C17H17N3O6S2. The number of sulfonamides is 2. The smallest absolute Gasteiger partial charge is 0.262 e. The van der Waals surface area contributed by atoms with Crippen molar-refractivity contribution in [1.29, 1.82) is 0 Å². The van der Waals surface area contributed by atoms with E-state index in [2.05, 4.69) is 14.8 Å². The number of carbonyl (C=O) groups excluding carboxylic acids is 1. The van der Waals surface area contributed by atoms with Gasteiger partial charge in [0.1, 0.15) is 5.75 Å². The Morgan fingerprint density at radius 1 is 0.964 bits per heavy atom. The van der Waals surface area contributed by atoms with Crippen LogP contribution >= 0.6 is 0 Å². The highest BCUT2D eigenvalue weighted by Crippen LogP contribution is 2.31. The predicted octanol–water partition coefficient (Wildman–Crippen LogP) is 1.26. The Labute approximate surface area is 162 Å². The molecule has 0 unspecified atom stereocenters. The average molecular weight is 423 g/mol. The minimum atomic E-state index is -4.01. The zero-order chi connectivity index (χ0) is 19.9. The average Bonchev–Trinajstić information content (AvgIpc) is 3.44. The molecule has 2 aromatic carbocycles. The van der Waals surface area contributed by atoms with Gasteiger partial charge < -0.3 is 10.1 Å². The molecule has 1 aliphatic heterocycles. The molecule has 0 spiro atoms. The van der Waals surface area contributed by atoms with Crippen LogP contribution in [0.5, 0.6) is 5.75 Å². The van der Waals surface area contributed by atoms with E-state index in [1.54, 1.807) is 0 Å². The van der Waals surface area contributed by atoms with Crippen molar-refractivity contribution in [2.45, 2.75) is 28.7 Å². The third kappa shape index (κ3) is 3.96. The van der Waals surface area contributed by atoms with E-state index >= 15 is 0 Å². The molecule has 28 heavy (non-hydrogen) atoms. The fourth-order valence-electron chi connectivity index (χ4n) is 2.66. The highest BCUT2D eigenvalue weighted by atomic mass is 32.2. The first-order valence-corrected chi connectivity index (χ1v) is 11.4. The van der Waals surface area contributed by atoms with Crippen LogP contribution in [-0.4, -0.2) is 35.4 Å². The van der Waals surface area contributed by atoms with Gasteiger partial charge in [0.15, 0.2) is 6.61 Å². The van der Waals surface area contributed by atoms with Crippen molar-refractivity contribution in [3.8, 4) is 5.75 Å². The van der Waals surface area contributed by atoms with E-state index in [0.717, 1.165) is 12.8 Å². The fraction of sp³-hybridized carbons (Fsp3) is 0.235. The van der Waals surface area contributed by atoms with Crippen molar-refractivity contribution in [2.24, 2.45) is 0 Å². The number of ether oxygens (including phenoxy) is 1. The molecule has 2 aromatic rings. The van der Waals surface area contributed by atoms with Gasteiger partial charge in [0.05, 0.1) is 21.2 Å². The molecule has 0 bridgehead atoms. The second kappa shape index (κ2) is 6.76. The molecule has 1 amide bonds. The number of nitrogens with one attached hydrogen (secondary N) is 3. The van der Waals surface area contributed by atoms with Gasteiger partial charge in [-0.25, -0.2) is 21.6 Å². The van der Waals surface area contributed by atoms with Crippen LogP contribution in [0, 0.1) is 0 Å². The first-order chi connectivity index (χ1) is 13.2. The van der Waals surface area contributed by atoms with E-state index in [1.807, 2.05) is 0 Å². The first-order valence-electron chi connectivity index (χ1n) is 8.45. The van der Waals surface area contributed by atoms with Crippen molar-refractivity contribution in [3.63, 3.8) is 0 Å². The summed E-state index contributed by atoms with van der Waals surface area (Å²) in [4.78, 5) is 11.3. The van der Waals surface area contributed by atoms with Crippen LogP contribution in [0.4, 0.5) is 11.4 Å². The van der Waals surface area contributed by atoms with E-state index in [4.69, 9.17) is 4.74 Å². The number of hydrogen-bond acceptors (Lipinski definition) is 6. The van der Waals surface area contributed by atoms with Gasteiger partial charge in [-0.2, -0.15) is 0 Å². The predicted molar refractivity (Wildman–Crippen MR) is 101 cm³/mol. The summed E-state index contributed by atoms with van der Waals surface area (Å²) in [5.74, 6) is -0.00568. The molecule has 9 nitrogen and oxygen atoms in total. The van der Waals surface area contributed by atoms with Crippen LogP contribution in [0.1, 0.15) is 12.8 Å². The third-order valence-corrected chi connectivity index (χ3v) is 7.09. The van der Waals surface area contributed by atoms with Crippen LogP contribution in [0.15, 0.2) is 52.3 Å². The zero-order valence-corrected chi connectivity index (χ0v) is 16.1. The second-order valence-electron chi connectivity index (χ2n) is 6.52. The summed E-state index contributed by atoms with van der Waals surface area (Å²) in [6.45, 7) is -0.131. The number of amides is 1. The van der Waals surface area contributed by atoms with Gasteiger partial charge in [0.2, 0.25) is 10.0 Å². The molecule has 148 valence electrons. The fourth-order valence-corrected chi connectivity index (χ4v) is 5.08. The van der Waals surface area contributed by atoms with Crippen molar-refractivity contribution in [3.05, 3.63) is 42.5 Å². The molecule has 2 aliphatic rings. The van der Waals surface area contributed by atoms with Crippen molar-refractivity contribution < 1.29 is 26.4 Å². The summed E-state index contributed by atoms with van der Waals surface area (Å²) < 4.78 is 60.1. The van der Waals surface area contributed by atoms with E-state index in [0.29, 0.717) is 5.75 Å². The summed E-state index contributed by atoms with van der Waals surface area (Å²) in [6, 6.07) is 9.58. The standard InChI is InChI=1S/C17H17N3O6S2/c21-17-10-26-16-7-6-14(9-15(16)18-17)28(24,25)20-12-2-1-3-13(8-12)27(22,23)19-11-4-5-11/h1-3,6-9,11,19-20H,4-5,10H2,(H,18,21). The van der Waals surface area contributed by atoms with E-state index in [-0.39, 0.29) is 39.7 Å². The summed E-state index contributed by atoms with van der Waals surface area (Å²) in [5, 5.41) is 2.55.